The Morgan fingerprint density at radius 1 is 1.62 bits per heavy atom. The van der Waals surface area contributed by atoms with Crippen LogP contribution >= 0.6 is 0 Å². The first-order valence-electron chi connectivity index (χ1n) is 3.97. The van der Waals surface area contributed by atoms with Gasteiger partial charge in [-0.15, -0.1) is 0 Å². The minimum atomic E-state index is -3.04. The van der Waals surface area contributed by atoms with E-state index in [-0.39, 0.29) is 24.9 Å². The average Bonchev–Trinajstić information content (AvgIpc) is 2.41. The monoisotopic (exact) mass is 207 g/mol. The van der Waals surface area contributed by atoms with Crippen molar-refractivity contribution in [3.8, 4) is 0 Å². The van der Waals surface area contributed by atoms with Crippen LogP contribution in [-0.4, -0.2) is 49.7 Å². The van der Waals surface area contributed by atoms with Crippen LogP contribution < -0.4 is 5.32 Å². The molecule has 1 rings (SSSR count). The van der Waals surface area contributed by atoms with Crippen molar-refractivity contribution in [2.75, 3.05) is 18.9 Å². The van der Waals surface area contributed by atoms with Crippen molar-refractivity contribution < 1.29 is 18.6 Å². The number of aliphatic hydroxyl groups is 2. The number of sulfone groups is 1. The fourth-order valence-electron chi connectivity index (χ4n) is 1.05. The number of hydrogen-bond acceptors (Lipinski definition) is 5. The van der Waals surface area contributed by atoms with E-state index in [4.69, 9.17) is 10.2 Å². The van der Waals surface area contributed by atoms with E-state index in [0.717, 1.165) is 5.41 Å². The molecule has 2 atom stereocenters. The molecule has 1 aliphatic rings. The van der Waals surface area contributed by atoms with Gasteiger partial charge in [-0.2, -0.15) is 0 Å². The number of nitrogens with one attached hydrogen (secondary N) is 1. The molecule has 0 radical (unpaired) electrons. The zero-order valence-electron chi connectivity index (χ0n) is 7.05. The molecule has 76 valence electrons. The Labute approximate surface area is 77.0 Å². The smallest absolute Gasteiger partial charge is 0.173 e. The first-order chi connectivity index (χ1) is 6.03. The molecule has 0 saturated heterocycles. The van der Waals surface area contributed by atoms with Gasteiger partial charge in [0.25, 0.3) is 0 Å². The van der Waals surface area contributed by atoms with Gasteiger partial charge in [-0.25, -0.2) is 8.42 Å². The summed E-state index contributed by atoms with van der Waals surface area (Å²) in [7, 11) is -3.04. The normalized spacial score (nSPS) is 27.7. The van der Waals surface area contributed by atoms with Crippen LogP contribution in [0.4, 0.5) is 0 Å². The lowest BCUT2D eigenvalue weighted by molar-refractivity contribution is 0.0936. The van der Waals surface area contributed by atoms with Crippen molar-refractivity contribution in [1.82, 2.24) is 5.32 Å². The summed E-state index contributed by atoms with van der Waals surface area (Å²) < 4.78 is 21.8. The van der Waals surface area contributed by atoms with E-state index in [0.29, 0.717) is 0 Å². The Bertz CT molecular complexity index is 285. The Hall–Kier alpha value is -0.430. The molecule has 0 aliphatic carbocycles. The second kappa shape index (κ2) is 4.19. The van der Waals surface area contributed by atoms with Gasteiger partial charge in [0.05, 0.1) is 18.5 Å². The molecule has 1 aliphatic heterocycles. The van der Waals surface area contributed by atoms with Crippen LogP contribution in [-0.2, 0) is 9.84 Å². The molecule has 13 heavy (non-hydrogen) atoms. The number of hydrogen-bond donors (Lipinski definition) is 3. The Morgan fingerprint density at radius 3 is 2.77 bits per heavy atom. The molecule has 0 aromatic carbocycles. The molecule has 0 spiro atoms. The zero-order chi connectivity index (χ0) is 9.90. The van der Waals surface area contributed by atoms with Crippen LogP contribution in [0.5, 0.6) is 0 Å². The highest BCUT2D eigenvalue weighted by atomic mass is 32.2. The second-order valence-electron chi connectivity index (χ2n) is 3.01. The third-order valence-electron chi connectivity index (χ3n) is 1.76. The van der Waals surface area contributed by atoms with Crippen molar-refractivity contribution in [1.29, 1.82) is 0 Å². The first kappa shape index (κ1) is 10.6. The molecule has 0 aromatic rings. The predicted molar refractivity (Wildman–Crippen MR) is 47.8 cm³/mol. The third-order valence-corrected chi connectivity index (χ3v) is 3.15. The van der Waals surface area contributed by atoms with Gasteiger partial charge >= 0.3 is 0 Å². The van der Waals surface area contributed by atoms with Crippen molar-refractivity contribution in [2.45, 2.75) is 12.1 Å². The predicted octanol–water partition coefficient (Wildman–Crippen LogP) is -1.76. The first-order valence-corrected chi connectivity index (χ1v) is 5.68. The number of aliphatic hydroxyl groups excluding tert-OH is 2. The molecule has 0 fully saturated rings. The van der Waals surface area contributed by atoms with E-state index in [2.05, 4.69) is 5.32 Å². The van der Waals surface area contributed by atoms with E-state index in [9.17, 15) is 8.42 Å². The van der Waals surface area contributed by atoms with E-state index in [1.54, 1.807) is 6.08 Å². The van der Waals surface area contributed by atoms with Gasteiger partial charge in [-0.3, -0.25) is 0 Å². The standard InChI is InChI=1S/C7H13NO4S/c9-4-7(10)3-8-6-1-2-13(11,12)5-6/h1-2,6-10H,3-5H2. The summed E-state index contributed by atoms with van der Waals surface area (Å²) >= 11 is 0. The molecular weight excluding hydrogens is 194 g/mol. The molecule has 6 heteroatoms. The lowest BCUT2D eigenvalue weighted by atomic mass is 10.3. The van der Waals surface area contributed by atoms with Crippen LogP contribution in [0.2, 0.25) is 0 Å². The summed E-state index contributed by atoms with van der Waals surface area (Å²) in [6.45, 7) is -0.128. The molecular formula is C7H13NO4S. The maximum absolute atomic E-state index is 10.9. The summed E-state index contributed by atoms with van der Waals surface area (Å²) in [5.41, 5.74) is 0. The Morgan fingerprint density at radius 2 is 2.31 bits per heavy atom. The SMILES string of the molecule is O=S1(=O)C=CC(NCC(O)CO)C1. The quantitative estimate of drug-likeness (QED) is 0.508. The Balaban J connectivity index is 2.30. The van der Waals surface area contributed by atoms with Crippen LogP contribution in [0.15, 0.2) is 11.5 Å². The van der Waals surface area contributed by atoms with Crippen LogP contribution in [0, 0.1) is 0 Å². The third kappa shape index (κ3) is 3.43. The summed E-state index contributed by atoms with van der Waals surface area (Å²) in [5.74, 6) is 0.0329. The fraction of sp³-hybridized carbons (Fsp3) is 0.714. The zero-order valence-corrected chi connectivity index (χ0v) is 7.87. The minimum Gasteiger partial charge on any atom is -0.394 e. The van der Waals surface area contributed by atoms with Gasteiger partial charge in [0.1, 0.15) is 0 Å². The highest BCUT2D eigenvalue weighted by molar-refractivity contribution is 7.94. The molecule has 0 amide bonds. The number of rotatable bonds is 4. The topological polar surface area (TPSA) is 86.6 Å². The van der Waals surface area contributed by atoms with Gasteiger partial charge in [-0.1, -0.05) is 6.08 Å². The highest BCUT2D eigenvalue weighted by Crippen LogP contribution is 2.07. The van der Waals surface area contributed by atoms with Gasteiger partial charge in [0.15, 0.2) is 9.84 Å². The summed E-state index contributed by atoms with van der Waals surface area (Å²) in [6, 6.07) is -0.244. The van der Waals surface area contributed by atoms with Crippen molar-refractivity contribution >= 4 is 9.84 Å². The van der Waals surface area contributed by atoms with E-state index < -0.39 is 15.9 Å². The fourth-order valence-corrected chi connectivity index (χ4v) is 2.32. The maximum atomic E-state index is 10.9. The molecule has 1 heterocycles. The largest absolute Gasteiger partial charge is 0.394 e. The lowest BCUT2D eigenvalue weighted by Gasteiger charge is -2.12. The summed E-state index contributed by atoms with van der Waals surface area (Å²) in [6.07, 6.45) is 0.705. The Kier molecular flexibility index (Phi) is 3.43. The van der Waals surface area contributed by atoms with Crippen LogP contribution in [0.3, 0.4) is 0 Å². The average molecular weight is 207 g/mol. The minimum absolute atomic E-state index is 0.0329. The molecule has 3 N–H and O–H groups in total. The maximum Gasteiger partial charge on any atom is 0.173 e. The molecule has 5 nitrogen and oxygen atoms in total. The van der Waals surface area contributed by atoms with E-state index >= 15 is 0 Å². The molecule has 0 bridgehead atoms. The van der Waals surface area contributed by atoms with E-state index in [1.807, 2.05) is 0 Å². The van der Waals surface area contributed by atoms with Crippen LogP contribution in [0.25, 0.3) is 0 Å². The molecule has 0 saturated carbocycles. The van der Waals surface area contributed by atoms with Gasteiger partial charge < -0.3 is 15.5 Å². The van der Waals surface area contributed by atoms with Crippen molar-refractivity contribution in [2.24, 2.45) is 0 Å². The highest BCUT2D eigenvalue weighted by Gasteiger charge is 2.21. The summed E-state index contributed by atoms with van der Waals surface area (Å²) in [4.78, 5) is 0. The van der Waals surface area contributed by atoms with Gasteiger partial charge in [0.2, 0.25) is 0 Å². The molecule has 2 unspecified atom stereocenters. The lowest BCUT2D eigenvalue weighted by Crippen LogP contribution is -2.37. The van der Waals surface area contributed by atoms with Gasteiger partial charge in [0, 0.05) is 18.0 Å². The molecule has 0 aromatic heterocycles. The second-order valence-corrected chi connectivity index (χ2v) is 4.94. The van der Waals surface area contributed by atoms with Crippen molar-refractivity contribution in [3.05, 3.63) is 11.5 Å². The van der Waals surface area contributed by atoms with Crippen LogP contribution in [0.1, 0.15) is 0 Å². The summed E-state index contributed by atoms with van der Waals surface area (Å²) in [5, 5.41) is 21.4. The van der Waals surface area contributed by atoms with E-state index in [1.165, 1.54) is 0 Å². The van der Waals surface area contributed by atoms with Gasteiger partial charge in [-0.05, 0) is 0 Å². The van der Waals surface area contributed by atoms with Crippen molar-refractivity contribution in [3.63, 3.8) is 0 Å².